The molecule has 3 heteroatoms. The van der Waals surface area contributed by atoms with E-state index >= 15 is 0 Å². The molecule has 0 aliphatic heterocycles. The number of carbonyl (C=O) groups is 1. The minimum Gasteiger partial charge on any atom is -0.355 e. The SMILES string of the molecule is C=CCNCC(=O)NCCCCCC. The predicted octanol–water partition coefficient (Wildman–Crippen LogP) is 1.46. The van der Waals surface area contributed by atoms with Crippen molar-refractivity contribution in [3.05, 3.63) is 12.7 Å². The highest BCUT2D eigenvalue weighted by Gasteiger charge is 1.97. The molecule has 0 atom stereocenters. The van der Waals surface area contributed by atoms with Crippen molar-refractivity contribution >= 4 is 5.91 Å². The van der Waals surface area contributed by atoms with Gasteiger partial charge in [0.25, 0.3) is 0 Å². The van der Waals surface area contributed by atoms with Crippen molar-refractivity contribution in [2.45, 2.75) is 32.6 Å². The van der Waals surface area contributed by atoms with E-state index in [0.717, 1.165) is 13.0 Å². The van der Waals surface area contributed by atoms with Crippen LogP contribution < -0.4 is 10.6 Å². The fourth-order valence-corrected chi connectivity index (χ4v) is 1.13. The number of rotatable bonds is 9. The Labute approximate surface area is 87.0 Å². The molecule has 1 amide bonds. The molecule has 0 unspecified atom stereocenters. The highest BCUT2D eigenvalue weighted by atomic mass is 16.1. The summed E-state index contributed by atoms with van der Waals surface area (Å²) in [5.74, 6) is 0.0725. The smallest absolute Gasteiger partial charge is 0.233 e. The molecule has 0 aliphatic carbocycles. The molecule has 0 aromatic carbocycles. The monoisotopic (exact) mass is 198 g/mol. The van der Waals surface area contributed by atoms with Crippen molar-refractivity contribution in [3.8, 4) is 0 Å². The summed E-state index contributed by atoms with van der Waals surface area (Å²) < 4.78 is 0. The first-order valence-corrected chi connectivity index (χ1v) is 5.39. The summed E-state index contributed by atoms with van der Waals surface area (Å²) in [6.45, 7) is 7.61. The van der Waals surface area contributed by atoms with Gasteiger partial charge in [-0.3, -0.25) is 4.79 Å². The summed E-state index contributed by atoms with van der Waals surface area (Å²) in [6.07, 6.45) is 6.52. The molecule has 3 nitrogen and oxygen atoms in total. The highest BCUT2D eigenvalue weighted by Crippen LogP contribution is 1.96. The zero-order valence-electron chi connectivity index (χ0n) is 9.14. The van der Waals surface area contributed by atoms with Crippen LogP contribution in [-0.2, 0) is 4.79 Å². The van der Waals surface area contributed by atoms with Crippen LogP contribution in [0.2, 0.25) is 0 Å². The third-order valence-corrected chi connectivity index (χ3v) is 1.93. The fourth-order valence-electron chi connectivity index (χ4n) is 1.13. The van der Waals surface area contributed by atoms with Gasteiger partial charge < -0.3 is 10.6 Å². The summed E-state index contributed by atoms with van der Waals surface area (Å²) in [4.78, 5) is 11.1. The van der Waals surface area contributed by atoms with Crippen LogP contribution in [0.15, 0.2) is 12.7 Å². The lowest BCUT2D eigenvalue weighted by molar-refractivity contribution is -0.120. The lowest BCUT2D eigenvalue weighted by atomic mass is 10.2. The highest BCUT2D eigenvalue weighted by molar-refractivity contribution is 5.77. The number of unbranched alkanes of at least 4 members (excludes halogenated alkanes) is 3. The molecule has 0 aromatic heterocycles. The van der Waals surface area contributed by atoms with Crippen molar-refractivity contribution < 1.29 is 4.79 Å². The van der Waals surface area contributed by atoms with Crippen LogP contribution in [0.25, 0.3) is 0 Å². The maximum atomic E-state index is 11.1. The Balaban J connectivity index is 3.14. The van der Waals surface area contributed by atoms with E-state index < -0.39 is 0 Å². The van der Waals surface area contributed by atoms with Gasteiger partial charge in [0, 0.05) is 13.1 Å². The molecule has 0 saturated carbocycles. The quantitative estimate of drug-likeness (QED) is 0.435. The van der Waals surface area contributed by atoms with E-state index in [1.54, 1.807) is 6.08 Å². The van der Waals surface area contributed by atoms with Gasteiger partial charge in [-0.25, -0.2) is 0 Å². The van der Waals surface area contributed by atoms with Gasteiger partial charge in [-0.05, 0) is 6.42 Å². The zero-order valence-corrected chi connectivity index (χ0v) is 9.14. The zero-order chi connectivity index (χ0) is 10.6. The lowest BCUT2D eigenvalue weighted by Gasteiger charge is -2.04. The number of amides is 1. The van der Waals surface area contributed by atoms with Crippen molar-refractivity contribution in [3.63, 3.8) is 0 Å². The topological polar surface area (TPSA) is 41.1 Å². The molecule has 0 fully saturated rings. The molecule has 0 spiro atoms. The molecule has 0 aliphatic rings. The van der Waals surface area contributed by atoms with Gasteiger partial charge in [0.05, 0.1) is 6.54 Å². The Bertz CT molecular complexity index is 157. The second-order valence-corrected chi connectivity index (χ2v) is 3.33. The maximum absolute atomic E-state index is 11.1. The Morgan fingerprint density at radius 3 is 2.79 bits per heavy atom. The molecule has 0 rings (SSSR count). The summed E-state index contributed by atoms with van der Waals surface area (Å²) in [7, 11) is 0. The van der Waals surface area contributed by atoms with Crippen LogP contribution >= 0.6 is 0 Å². The molecule has 0 heterocycles. The van der Waals surface area contributed by atoms with Gasteiger partial charge >= 0.3 is 0 Å². The van der Waals surface area contributed by atoms with E-state index in [9.17, 15) is 4.79 Å². The molecule has 0 radical (unpaired) electrons. The first kappa shape index (κ1) is 13.2. The van der Waals surface area contributed by atoms with E-state index in [-0.39, 0.29) is 5.91 Å². The molecule has 14 heavy (non-hydrogen) atoms. The largest absolute Gasteiger partial charge is 0.355 e. The molecule has 0 bridgehead atoms. The molecule has 2 N–H and O–H groups in total. The molecular weight excluding hydrogens is 176 g/mol. The third kappa shape index (κ3) is 9.26. The summed E-state index contributed by atoms with van der Waals surface area (Å²) >= 11 is 0. The van der Waals surface area contributed by atoms with Crippen molar-refractivity contribution in [1.29, 1.82) is 0 Å². The van der Waals surface area contributed by atoms with E-state index in [0.29, 0.717) is 13.1 Å². The number of nitrogens with one attached hydrogen (secondary N) is 2. The van der Waals surface area contributed by atoms with E-state index in [1.807, 2.05) is 0 Å². The fraction of sp³-hybridized carbons (Fsp3) is 0.727. The van der Waals surface area contributed by atoms with Crippen LogP contribution in [0.3, 0.4) is 0 Å². The maximum Gasteiger partial charge on any atom is 0.233 e. The van der Waals surface area contributed by atoms with E-state index in [2.05, 4.69) is 24.1 Å². The first-order valence-electron chi connectivity index (χ1n) is 5.39. The van der Waals surface area contributed by atoms with Crippen LogP contribution in [0.1, 0.15) is 32.6 Å². The van der Waals surface area contributed by atoms with Crippen LogP contribution in [0, 0.1) is 0 Å². The normalized spacial score (nSPS) is 9.79. The van der Waals surface area contributed by atoms with Gasteiger partial charge in [0.1, 0.15) is 0 Å². The average molecular weight is 198 g/mol. The van der Waals surface area contributed by atoms with Gasteiger partial charge in [-0.2, -0.15) is 0 Å². The number of hydrogen-bond donors (Lipinski definition) is 2. The first-order chi connectivity index (χ1) is 6.81. The second kappa shape index (κ2) is 10.3. The third-order valence-electron chi connectivity index (χ3n) is 1.93. The molecule has 82 valence electrons. The Morgan fingerprint density at radius 1 is 1.36 bits per heavy atom. The number of carbonyl (C=O) groups excluding carboxylic acids is 1. The number of hydrogen-bond acceptors (Lipinski definition) is 2. The van der Waals surface area contributed by atoms with Gasteiger partial charge in [0.15, 0.2) is 0 Å². The second-order valence-electron chi connectivity index (χ2n) is 3.33. The van der Waals surface area contributed by atoms with Crippen molar-refractivity contribution in [1.82, 2.24) is 10.6 Å². The van der Waals surface area contributed by atoms with Crippen LogP contribution in [0.4, 0.5) is 0 Å². The van der Waals surface area contributed by atoms with Crippen LogP contribution in [-0.4, -0.2) is 25.5 Å². The molecule has 0 aromatic rings. The van der Waals surface area contributed by atoms with E-state index in [1.165, 1.54) is 19.3 Å². The van der Waals surface area contributed by atoms with Gasteiger partial charge in [0.2, 0.25) is 5.91 Å². The van der Waals surface area contributed by atoms with Crippen LogP contribution in [0.5, 0.6) is 0 Å². The summed E-state index contributed by atoms with van der Waals surface area (Å²) in [5, 5.41) is 5.82. The summed E-state index contributed by atoms with van der Waals surface area (Å²) in [5.41, 5.74) is 0. The molecular formula is C11H22N2O. The minimum absolute atomic E-state index is 0.0725. The van der Waals surface area contributed by atoms with Gasteiger partial charge in [-0.1, -0.05) is 32.3 Å². The lowest BCUT2D eigenvalue weighted by Crippen LogP contribution is -2.34. The van der Waals surface area contributed by atoms with E-state index in [4.69, 9.17) is 0 Å². The predicted molar refractivity (Wildman–Crippen MR) is 60.2 cm³/mol. The molecule has 0 saturated heterocycles. The standard InChI is InChI=1S/C11H22N2O/c1-3-5-6-7-9-13-11(14)10-12-8-4-2/h4,12H,2-3,5-10H2,1H3,(H,13,14). The Hall–Kier alpha value is -0.830. The minimum atomic E-state index is 0.0725. The Kier molecular flexibility index (Phi) is 9.64. The Morgan fingerprint density at radius 2 is 2.14 bits per heavy atom. The van der Waals surface area contributed by atoms with Crippen molar-refractivity contribution in [2.24, 2.45) is 0 Å². The van der Waals surface area contributed by atoms with Gasteiger partial charge in [-0.15, -0.1) is 6.58 Å². The van der Waals surface area contributed by atoms with Crippen molar-refractivity contribution in [2.75, 3.05) is 19.6 Å². The average Bonchev–Trinajstić information content (AvgIpc) is 2.18. The summed E-state index contributed by atoms with van der Waals surface area (Å²) in [6, 6.07) is 0.